The summed E-state index contributed by atoms with van der Waals surface area (Å²) >= 11 is 0. The van der Waals surface area contributed by atoms with Crippen molar-refractivity contribution in [3.05, 3.63) is 47.5 Å². The Morgan fingerprint density at radius 3 is 2.33 bits per heavy atom. The SMILES string of the molecule is CC1=Cc2c(ccc3ccccc23)OC12C1CC3CC(C1)CC2C3. The van der Waals surface area contributed by atoms with Crippen molar-refractivity contribution >= 4 is 16.8 Å². The van der Waals surface area contributed by atoms with Gasteiger partial charge >= 0.3 is 0 Å². The van der Waals surface area contributed by atoms with E-state index in [2.05, 4.69) is 49.4 Å². The Kier molecular flexibility index (Phi) is 2.50. The van der Waals surface area contributed by atoms with Gasteiger partial charge < -0.3 is 4.74 Å². The summed E-state index contributed by atoms with van der Waals surface area (Å²) < 4.78 is 6.95. The number of fused-ring (bicyclic) bond motifs is 3. The van der Waals surface area contributed by atoms with Gasteiger partial charge in [-0.15, -0.1) is 0 Å². The second kappa shape index (κ2) is 4.45. The Morgan fingerprint density at radius 2 is 1.58 bits per heavy atom. The smallest absolute Gasteiger partial charge is 0.136 e. The highest BCUT2D eigenvalue weighted by atomic mass is 16.5. The molecule has 4 fully saturated rings. The lowest BCUT2D eigenvalue weighted by Gasteiger charge is -2.61. The maximum atomic E-state index is 6.95. The number of hydrogen-bond donors (Lipinski definition) is 0. The summed E-state index contributed by atoms with van der Waals surface area (Å²) in [6.07, 6.45) is 9.51. The molecule has 2 aromatic rings. The summed E-state index contributed by atoms with van der Waals surface area (Å²) in [6.45, 7) is 2.34. The molecule has 1 heteroatoms. The Hall–Kier alpha value is -1.76. The van der Waals surface area contributed by atoms with Crippen molar-refractivity contribution in [2.75, 3.05) is 0 Å². The monoisotopic (exact) mass is 316 g/mol. The number of hydrogen-bond acceptors (Lipinski definition) is 1. The number of ether oxygens (including phenoxy) is 1. The molecule has 0 atom stereocenters. The van der Waals surface area contributed by atoms with Gasteiger partial charge in [0.05, 0.1) is 0 Å². The molecule has 5 aliphatic rings. The highest BCUT2D eigenvalue weighted by Gasteiger charge is 2.60. The number of rotatable bonds is 0. The molecule has 0 unspecified atom stereocenters. The highest BCUT2D eigenvalue weighted by molar-refractivity contribution is 5.94. The molecule has 1 aliphatic heterocycles. The second-order valence-electron chi connectivity index (χ2n) is 8.73. The van der Waals surface area contributed by atoms with Crippen molar-refractivity contribution in [3.63, 3.8) is 0 Å². The quantitative estimate of drug-likeness (QED) is 0.594. The zero-order chi connectivity index (χ0) is 15.9. The summed E-state index contributed by atoms with van der Waals surface area (Å²) in [6, 6.07) is 13.1. The van der Waals surface area contributed by atoms with Gasteiger partial charge in [-0.2, -0.15) is 0 Å². The van der Waals surface area contributed by atoms with E-state index >= 15 is 0 Å². The second-order valence-corrected chi connectivity index (χ2v) is 8.73. The lowest BCUT2D eigenvalue weighted by atomic mass is 9.48. The van der Waals surface area contributed by atoms with Crippen molar-refractivity contribution in [3.8, 4) is 5.75 Å². The first-order valence-electron chi connectivity index (χ1n) is 9.63. The van der Waals surface area contributed by atoms with Gasteiger partial charge in [-0.25, -0.2) is 0 Å². The van der Waals surface area contributed by atoms with E-state index in [0.29, 0.717) is 0 Å². The van der Waals surface area contributed by atoms with Crippen molar-refractivity contribution in [1.82, 2.24) is 0 Å². The van der Waals surface area contributed by atoms with Gasteiger partial charge in [-0.05, 0) is 79.4 Å². The molecule has 122 valence electrons. The lowest BCUT2D eigenvalue weighted by molar-refractivity contribution is -0.135. The Bertz CT molecular complexity index is 847. The van der Waals surface area contributed by atoms with Gasteiger partial charge in [0.15, 0.2) is 0 Å². The maximum Gasteiger partial charge on any atom is 0.136 e. The minimum atomic E-state index is 0.00285. The van der Waals surface area contributed by atoms with E-state index in [1.54, 1.807) is 0 Å². The zero-order valence-corrected chi connectivity index (χ0v) is 14.3. The van der Waals surface area contributed by atoms with Crippen molar-refractivity contribution in [2.45, 2.75) is 44.6 Å². The Balaban J connectivity index is 1.54. The molecular formula is C23H24O. The van der Waals surface area contributed by atoms with E-state index in [4.69, 9.17) is 4.74 Å². The van der Waals surface area contributed by atoms with Crippen LogP contribution in [0.4, 0.5) is 0 Å². The predicted octanol–water partition coefficient (Wildman–Crippen LogP) is 5.83. The largest absolute Gasteiger partial charge is 0.482 e. The van der Waals surface area contributed by atoms with Gasteiger partial charge in [-0.3, -0.25) is 0 Å². The van der Waals surface area contributed by atoms with Crippen LogP contribution in [0.5, 0.6) is 5.75 Å². The van der Waals surface area contributed by atoms with Gasteiger partial charge in [0.2, 0.25) is 0 Å². The molecule has 0 saturated heterocycles. The molecule has 1 nitrogen and oxygen atoms in total. The van der Waals surface area contributed by atoms with Gasteiger partial charge in [-0.1, -0.05) is 30.3 Å². The Morgan fingerprint density at radius 1 is 0.875 bits per heavy atom. The molecule has 1 spiro atoms. The first kappa shape index (κ1) is 13.5. The first-order valence-corrected chi connectivity index (χ1v) is 9.63. The normalized spacial score (nSPS) is 39.0. The molecule has 0 radical (unpaired) electrons. The molecule has 0 aromatic heterocycles. The van der Waals surface area contributed by atoms with Crippen molar-refractivity contribution < 1.29 is 4.74 Å². The van der Waals surface area contributed by atoms with Crippen LogP contribution in [-0.2, 0) is 0 Å². The molecule has 0 amide bonds. The van der Waals surface area contributed by atoms with Crippen LogP contribution in [0, 0.1) is 23.7 Å². The van der Waals surface area contributed by atoms with Crippen LogP contribution in [0.2, 0.25) is 0 Å². The average Bonchev–Trinajstić information content (AvgIpc) is 2.59. The number of benzene rings is 2. The van der Waals surface area contributed by atoms with Crippen LogP contribution >= 0.6 is 0 Å². The van der Waals surface area contributed by atoms with E-state index in [1.165, 1.54) is 54.0 Å². The first-order chi connectivity index (χ1) is 11.7. The Labute approximate surface area is 143 Å². The average molecular weight is 316 g/mol. The van der Waals surface area contributed by atoms with E-state index in [0.717, 1.165) is 29.4 Å². The van der Waals surface area contributed by atoms with Crippen LogP contribution in [0.1, 0.15) is 44.6 Å². The predicted molar refractivity (Wildman–Crippen MR) is 98.0 cm³/mol. The van der Waals surface area contributed by atoms with E-state index in [-0.39, 0.29) is 5.60 Å². The van der Waals surface area contributed by atoms with Crippen molar-refractivity contribution in [2.24, 2.45) is 23.7 Å². The van der Waals surface area contributed by atoms with Crippen molar-refractivity contribution in [1.29, 1.82) is 0 Å². The zero-order valence-electron chi connectivity index (χ0n) is 14.3. The lowest BCUT2D eigenvalue weighted by Crippen LogP contribution is -2.62. The van der Waals surface area contributed by atoms with Crippen LogP contribution in [-0.4, -0.2) is 5.60 Å². The minimum absolute atomic E-state index is 0.00285. The fraction of sp³-hybridized carbons (Fsp3) is 0.478. The molecule has 4 bridgehead atoms. The molecule has 2 aromatic carbocycles. The van der Waals surface area contributed by atoms with Crippen LogP contribution in [0.3, 0.4) is 0 Å². The van der Waals surface area contributed by atoms with Gasteiger partial charge in [0, 0.05) is 17.4 Å². The van der Waals surface area contributed by atoms with Gasteiger partial charge in [0.25, 0.3) is 0 Å². The molecule has 0 N–H and O–H groups in total. The summed E-state index contributed by atoms with van der Waals surface area (Å²) in [5, 5.41) is 2.64. The standard InChI is InChI=1S/C23H24O/c1-14-8-21-20-5-3-2-4-17(20)6-7-22(21)24-23(14)18-10-15-9-16(12-18)13-19(23)11-15/h2-8,15-16,18-19H,9-13H2,1H3. The summed E-state index contributed by atoms with van der Waals surface area (Å²) in [4.78, 5) is 0. The molecule has 4 aliphatic carbocycles. The highest BCUT2D eigenvalue weighted by Crippen LogP contribution is 2.63. The van der Waals surface area contributed by atoms with Crippen LogP contribution < -0.4 is 4.74 Å². The third-order valence-electron chi connectivity index (χ3n) is 7.54. The van der Waals surface area contributed by atoms with Crippen LogP contribution in [0.25, 0.3) is 16.8 Å². The molecule has 24 heavy (non-hydrogen) atoms. The third kappa shape index (κ3) is 1.56. The van der Waals surface area contributed by atoms with E-state index < -0.39 is 0 Å². The minimum Gasteiger partial charge on any atom is -0.482 e. The topological polar surface area (TPSA) is 9.23 Å². The molecule has 1 heterocycles. The fourth-order valence-electron chi connectivity index (χ4n) is 6.80. The third-order valence-corrected chi connectivity index (χ3v) is 7.54. The van der Waals surface area contributed by atoms with E-state index in [1.807, 2.05) is 0 Å². The van der Waals surface area contributed by atoms with E-state index in [9.17, 15) is 0 Å². The molecular weight excluding hydrogens is 292 g/mol. The summed E-state index contributed by atoms with van der Waals surface area (Å²) in [7, 11) is 0. The molecule has 4 saturated carbocycles. The van der Waals surface area contributed by atoms with Crippen LogP contribution in [0.15, 0.2) is 42.0 Å². The summed E-state index contributed by atoms with van der Waals surface area (Å²) in [5.41, 5.74) is 2.79. The van der Waals surface area contributed by atoms with Gasteiger partial charge in [0.1, 0.15) is 11.4 Å². The molecule has 7 rings (SSSR count). The summed E-state index contributed by atoms with van der Waals surface area (Å²) in [5.74, 6) is 4.56. The fourth-order valence-corrected chi connectivity index (χ4v) is 6.80. The maximum absolute atomic E-state index is 6.95.